The number of hydrogen-bond acceptors (Lipinski definition) is 9. The molecule has 0 aromatic heterocycles. The summed E-state index contributed by atoms with van der Waals surface area (Å²) < 4.78 is 11.2. The van der Waals surface area contributed by atoms with Crippen LogP contribution in [0.15, 0.2) is 24.3 Å². The molecule has 7 N–H and O–H groups in total. The third kappa shape index (κ3) is 40.0. The van der Waals surface area contributed by atoms with Crippen LogP contribution < -0.4 is 5.32 Å². The van der Waals surface area contributed by atoms with Gasteiger partial charge in [-0.15, -0.1) is 0 Å². The molecule has 1 fully saturated rings. The third-order valence-electron chi connectivity index (χ3n) is 15.1. The Bertz CT molecular complexity index is 1200. The van der Waals surface area contributed by atoms with E-state index in [-0.39, 0.29) is 6.61 Å². The molecule has 0 aliphatic carbocycles. The van der Waals surface area contributed by atoms with Gasteiger partial charge in [-0.3, -0.25) is 4.79 Å². The summed E-state index contributed by atoms with van der Waals surface area (Å²) in [4.78, 5) is 13.1. The average molecular weight is 1020 g/mol. The Morgan fingerprint density at radius 3 is 1.21 bits per heavy atom. The molecule has 1 heterocycles. The van der Waals surface area contributed by atoms with Crippen LogP contribution in [0.2, 0.25) is 0 Å². The van der Waals surface area contributed by atoms with E-state index in [1.807, 2.05) is 6.08 Å². The second-order valence-corrected chi connectivity index (χ2v) is 22.0. The number of unbranched alkanes of at least 4 members (excludes halogenated alkanes) is 41. The monoisotopic (exact) mass is 1020 g/mol. The van der Waals surface area contributed by atoms with Gasteiger partial charge in [0.2, 0.25) is 5.91 Å². The molecular formula is C62H119NO9. The Morgan fingerprint density at radius 2 is 0.819 bits per heavy atom. The number of aliphatic hydroxyl groups is 6. The molecule has 1 saturated heterocycles. The van der Waals surface area contributed by atoms with Crippen molar-refractivity contribution in [2.75, 3.05) is 13.2 Å². The number of aliphatic hydroxyl groups excluding tert-OH is 6. The van der Waals surface area contributed by atoms with Gasteiger partial charge in [-0.1, -0.05) is 295 Å². The minimum absolute atomic E-state index is 0.309. The first kappa shape index (κ1) is 68.6. The number of nitrogens with one attached hydrogen (secondary N) is 1. The van der Waals surface area contributed by atoms with Crippen LogP contribution in [-0.4, -0.2) is 98.7 Å². The second kappa shape index (κ2) is 51.7. The Hall–Kier alpha value is -1.37. The lowest BCUT2D eigenvalue weighted by Crippen LogP contribution is -2.60. The fraction of sp³-hybridized carbons (Fsp3) is 0.919. The van der Waals surface area contributed by atoms with Gasteiger partial charge in [-0.2, -0.15) is 0 Å². The predicted molar refractivity (Wildman–Crippen MR) is 301 cm³/mol. The van der Waals surface area contributed by atoms with Crippen LogP contribution in [0.25, 0.3) is 0 Å². The number of allylic oxidation sites excluding steroid dienone is 3. The summed E-state index contributed by atoms with van der Waals surface area (Å²) in [6.07, 6.45) is 56.0. The maximum Gasteiger partial charge on any atom is 0.249 e. The van der Waals surface area contributed by atoms with Gasteiger partial charge in [0.1, 0.15) is 30.5 Å². The number of ether oxygens (including phenoxy) is 2. The normalized spacial score (nSPS) is 19.7. The summed E-state index contributed by atoms with van der Waals surface area (Å²) in [5.74, 6) is -0.620. The molecule has 426 valence electrons. The van der Waals surface area contributed by atoms with Crippen molar-refractivity contribution < 1.29 is 44.9 Å². The molecule has 10 heteroatoms. The molecular weight excluding hydrogens is 903 g/mol. The van der Waals surface area contributed by atoms with Crippen LogP contribution in [-0.2, 0) is 14.3 Å². The highest BCUT2D eigenvalue weighted by molar-refractivity contribution is 5.80. The highest BCUT2D eigenvalue weighted by atomic mass is 16.7. The molecule has 0 saturated carbocycles. The lowest BCUT2D eigenvalue weighted by molar-refractivity contribution is -0.302. The zero-order valence-corrected chi connectivity index (χ0v) is 47.1. The molecule has 8 atom stereocenters. The maximum atomic E-state index is 13.1. The van der Waals surface area contributed by atoms with Gasteiger partial charge < -0.3 is 45.4 Å². The van der Waals surface area contributed by atoms with Crippen molar-refractivity contribution in [2.45, 2.75) is 352 Å². The fourth-order valence-corrected chi connectivity index (χ4v) is 10.1. The zero-order chi connectivity index (χ0) is 52.4. The van der Waals surface area contributed by atoms with Gasteiger partial charge in [0.05, 0.1) is 25.4 Å². The zero-order valence-electron chi connectivity index (χ0n) is 47.1. The molecule has 0 bridgehead atoms. The van der Waals surface area contributed by atoms with E-state index in [1.54, 1.807) is 6.08 Å². The average Bonchev–Trinajstić information content (AvgIpc) is 3.38. The van der Waals surface area contributed by atoms with Gasteiger partial charge in [-0.05, 0) is 32.1 Å². The number of rotatable bonds is 54. The Kier molecular flexibility index (Phi) is 49.3. The molecule has 72 heavy (non-hydrogen) atoms. The highest BCUT2D eigenvalue weighted by Gasteiger charge is 2.44. The fourth-order valence-electron chi connectivity index (χ4n) is 10.1. The van der Waals surface area contributed by atoms with Gasteiger partial charge in [-0.25, -0.2) is 0 Å². The molecule has 0 spiro atoms. The third-order valence-corrected chi connectivity index (χ3v) is 15.1. The van der Waals surface area contributed by atoms with E-state index in [1.165, 1.54) is 238 Å². The van der Waals surface area contributed by atoms with Crippen LogP contribution in [0.5, 0.6) is 0 Å². The summed E-state index contributed by atoms with van der Waals surface area (Å²) in [7, 11) is 0. The number of carbonyl (C=O) groups excluding carboxylic acids is 1. The first-order chi connectivity index (χ1) is 35.3. The molecule has 8 unspecified atom stereocenters. The molecule has 0 aromatic rings. The molecule has 0 radical (unpaired) electrons. The van der Waals surface area contributed by atoms with E-state index in [0.717, 1.165) is 38.5 Å². The van der Waals surface area contributed by atoms with E-state index < -0.39 is 61.5 Å². The maximum absolute atomic E-state index is 13.1. The van der Waals surface area contributed by atoms with Gasteiger partial charge in [0, 0.05) is 0 Å². The second-order valence-electron chi connectivity index (χ2n) is 22.0. The van der Waals surface area contributed by atoms with Crippen molar-refractivity contribution in [3.05, 3.63) is 24.3 Å². The van der Waals surface area contributed by atoms with E-state index in [0.29, 0.717) is 12.8 Å². The Labute approximate surface area is 443 Å². The van der Waals surface area contributed by atoms with Crippen molar-refractivity contribution in [1.29, 1.82) is 0 Å². The summed E-state index contributed by atoms with van der Waals surface area (Å²) in [6, 6.07) is -0.994. The largest absolute Gasteiger partial charge is 0.394 e. The first-order valence-electron chi connectivity index (χ1n) is 31.2. The minimum Gasteiger partial charge on any atom is -0.394 e. The van der Waals surface area contributed by atoms with Gasteiger partial charge in [0.25, 0.3) is 0 Å². The van der Waals surface area contributed by atoms with Crippen molar-refractivity contribution in [2.24, 2.45) is 0 Å². The summed E-state index contributed by atoms with van der Waals surface area (Å²) in [5, 5.41) is 65.0. The Balaban J connectivity index is 2.15. The van der Waals surface area contributed by atoms with E-state index in [4.69, 9.17) is 9.47 Å². The first-order valence-corrected chi connectivity index (χ1v) is 31.2. The molecule has 1 amide bonds. The van der Waals surface area contributed by atoms with Gasteiger partial charge in [0.15, 0.2) is 6.29 Å². The van der Waals surface area contributed by atoms with Crippen LogP contribution in [0.1, 0.15) is 303 Å². The number of hydrogen-bond donors (Lipinski definition) is 7. The lowest BCUT2D eigenvalue weighted by atomic mass is 9.99. The highest BCUT2D eigenvalue weighted by Crippen LogP contribution is 2.23. The molecule has 10 nitrogen and oxygen atoms in total. The minimum atomic E-state index is -1.61. The topological polar surface area (TPSA) is 169 Å². The molecule has 0 aromatic carbocycles. The quantitative estimate of drug-likeness (QED) is 0.0232. The number of carbonyl (C=O) groups is 1. The van der Waals surface area contributed by atoms with Crippen LogP contribution in [0.4, 0.5) is 0 Å². The summed E-state index contributed by atoms with van der Waals surface area (Å²) in [5.41, 5.74) is 0. The predicted octanol–water partition coefficient (Wildman–Crippen LogP) is 14.7. The Morgan fingerprint density at radius 1 is 0.472 bits per heavy atom. The SMILES string of the molecule is CCCCCCCCCCC/C=C/CC/C=C/C(O)C(COC1OC(CO)C(O)C(O)C1O)NC(=O)C(O)CCCCCCCCCCCCCCCCCCCCCCCCCCCCCCCCCC. The summed E-state index contributed by atoms with van der Waals surface area (Å²) >= 11 is 0. The van der Waals surface area contributed by atoms with E-state index in [9.17, 15) is 35.4 Å². The smallest absolute Gasteiger partial charge is 0.249 e. The van der Waals surface area contributed by atoms with Crippen molar-refractivity contribution in [1.82, 2.24) is 5.32 Å². The molecule has 1 aliphatic heterocycles. The van der Waals surface area contributed by atoms with Gasteiger partial charge >= 0.3 is 0 Å². The van der Waals surface area contributed by atoms with Crippen LogP contribution in [0.3, 0.4) is 0 Å². The standard InChI is InChI=1S/C62H119NO9/c1-3-5-7-9-11-13-15-17-19-20-21-22-23-24-25-26-27-28-29-30-31-32-33-34-35-37-39-41-43-45-47-49-51-56(66)61(70)63-54(53-71-62-60(69)59(68)58(67)57(52-64)72-62)55(65)50-48-46-44-42-40-38-36-18-16-14-12-10-8-6-4-2/h40,42,48,50,54-60,62,64-69H,3-39,41,43-47,49,51-53H2,1-2H3,(H,63,70)/b42-40+,50-48+. The van der Waals surface area contributed by atoms with E-state index in [2.05, 4.69) is 31.3 Å². The number of amides is 1. The van der Waals surface area contributed by atoms with Crippen molar-refractivity contribution >= 4 is 5.91 Å². The van der Waals surface area contributed by atoms with E-state index >= 15 is 0 Å². The summed E-state index contributed by atoms with van der Waals surface area (Å²) in [6.45, 7) is 3.63. The van der Waals surface area contributed by atoms with Crippen LogP contribution >= 0.6 is 0 Å². The van der Waals surface area contributed by atoms with Crippen molar-refractivity contribution in [3.63, 3.8) is 0 Å². The molecule has 1 aliphatic rings. The molecule has 1 rings (SSSR count). The van der Waals surface area contributed by atoms with Crippen molar-refractivity contribution in [3.8, 4) is 0 Å². The van der Waals surface area contributed by atoms with Crippen LogP contribution in [0, 0.1) is 0 Å². The lowest BCUT2D eigenvalue weighted by Gasteiger charge is -2.40.